The molecule has 0 radical (unpaired) electrons. The van der Waals surface area contributed by atoms with Gasteiger partial charge in [0.1, 0.15) is 17.5 Å². The van der Waals surface area contributed by atoms with Crippen LogP contribution >= 0.6 is 12.2 Å². The number of benzene rings is 2. The van der Waals surface area contributed by atoms with Crippen LogP contribution in [0.2, 0.25) is 0 Å². The molecule has 2 N–H and O–H groups in total. The van der Waals surface area contributed by atoms with Crippen LogP contribution < -0.4 is 25.3 Å². The monoisotopic (exact) mass is 561 g/mol. The number of para-hydroxylation sites is 1. The van der Waals surface area contributed by atoms with E-state index in [0.717, 1.165) is 69.3 Å². The molecule has 3 heterocycles. The topological polar surface area (TPSA) is 59.6 Å². The average molecular weight is 562 g/mol. The molecule has 3 aromatic rings. The van der Waals surface area contributed by atoms with Crippen molar-refractivity contribution in [1.82, 2.24) is 15.3 Å². The van der Waals surface area contributed by atoms with Gasteiger partial charge in [-0.05, 0) is 73.1 Å². The third kappa shape index (κ3) is 7.59. The number of anilines is 4. The van der Waals surface area contributed by atoms with Gasteiger partial charge in [-0.25, -0.2) is 4.39 Å². The molecule has 0 aliphatic carbocycles. The zero-order valence-electron chi connectivity index (χ0n) is 23.5. The van der Waals surface area contributed by atoms with E-state index in [1.807, 2.05) is 12.1 Å². The Morgan fingerprint density at radius 3 is 2.17 bits per heavy atom. The summed E-state index contributed by atoms with van der Waals surface area (Å²) in [6, 6.07) is 19.4. The molecule has 2 aliphatic heterocycles. The average Bonchev–Trinajstić information content (AvgIpc) is 2.96. The molecule has 40 heavy (non-hydrogen) atoms. The lowest BCUT2D eigenvalue weighted by molar-refractivity contribution is 0.355. The van der Waals surface area contributed by atoms with Crippen LogP contribution in [-0.2, 0) is 6.42 Å². The molecule has 0 unspecified atom stereocenters. The predicted molar refractivity (Wildman–Crippen MR) is 167 cm³/mol. The molecule has 2 fully saturated rings. The molecular formula is C31H40FN7S. The van der Waals surface area contributed by atoms with Gasteiger partial charge in [-0.15, -0.1) is 0 Å². The van der Waals surface area contributed by atoms with Crippen molar-refractivity contribution in [2.24, 2.45) is 11.8 Å². The van der Waals surface area contributed by atoms with Crippen molar-refractivity contribution in [3.63, 3.8) is 0 Å². The van der Waals surface area contributed by atoms with E-state index in [4.69, 9.17) is 22.2 Å². The van der Waals surface area contributed by atoms with Gasteiger partial charge in [0.05, 0.1) is 0 Å². The maximum absolute atomic E-state index is 13.2. The molecule has 9 heteroatoms. The molecule has 0 saturated carbocycles. The highest BCUT2D eigenvalue weighted by Crippen LogP contribution is 2.29. The summed E-state index contributed by atoms with van der Waals surface area (Å²) in [6.45, 7) is 11.0. The zero-order valence-corrected chi connectivity index (χ0v) is 24.3. The van der Waals surface area contributed by atoms with Gasteiger partial charge in [-0.3, -0.25) is 0 Å². The molecule has 212 valence electrons. The maximum atomic E-state index is 13.2. The molecular weight excluding hydrogens is 521 g/mol. The Morgan fingerprint density at radius 2 is 1.50 bits per heavy atom. The van der Waals surface area contributed by atoms with Crippen molar-refractivity contribution in [2.45, 2.75) is 33.1 Å². The summed E-state index contributed by atoms with van der Waals surface area (Å²) in [5, 5.41) is 7.04. The second kappa shape index (κ2) is 13.3. The third-order valence-electron chi connectivity index (χ3n) is 7.68. The second-order valence-corrected chi connectivity index (χ2v) is 11.6. The van der Waals surface area contributed by atoms with Gasteiger partial charge in [0.25, 0.3) is 0 Å². The molecule has 0 bridgehead atoms. The van der Waals surface area contributed by atoms with E-state index in [1.165, 1.54) is 24.2 Å². The van der Waals surface area contributed by atoms with Crippen molar-refractivity contribution in [3.8, 4) is 0 Å². The van der Waals surface area contributed by atoms with E-state index in [0.29, 0.717) is 29.4 Å². The maximum Gasteiger partial charge on any atom is 0.232 e. The number of piperidine rings is 1. The van der Waals surface area contributed by atoms with Gasteiger partial charge in [0.2, 0.25) is 5.95 Å². The quantitative estimate of drug-likeness (QED) is 0.282. The highest BCUT2D eigenvalue weighted by Gasteiger charge is 2.25. The second-order valence-electron chi connectivity index (χ2n) is 11.2. The Hall–Kier alpha value is -3.46. The number of halogens is 1. The highest BCUT2D eigenvalue weighted by atomic mass is 32.1. The number of nitrogens with one attached hydrogen (secondary N) is 2. The standard InChI is InChI=1S/C31H40FN7S/c1-23-19-24(2)22-39(21-23)29-20-28(38-17-15-37(16-18-38)27-8-4-3-5-9-27)34-30(35-29)36-31(40)33-14-6-7-25-10-12-26(32)13-11-25/h3-5,8-13,20,23-24H,6-7,14-19,21-22H2,1-2H3,(H2,33,34,35,36,40)/t23-,24+. The lowest BCUT2D eigenvalue weighted by Gasteiger charge is -2.38. The number of nitrogens with zero attached hydrogens (tertiary/aromatic N) is 5. The smallest absolute Gasteiger partial charge is 0.232 e. The fraction of sp³-hybridized carbons (Fsp3) is 0.452. The van der Waals surface area contributed by atoms with E-state index in [1.54, 1.807) is 0 Å². The van der Waals surface area contributed by atoms with Gasteiger partial charge >= 0.3 is 0 Å². The van der Waals surface area contributed by atoms with Gasteiger partial charge in [-0.2, -0.15) is 9.97 Å². The van der Waals surface area contributed by atoms with E-state index in [-0.39, 0.29) is 5.82 Å². The summed E-state index contributed by atoms with van der Waals surface area (Å²) in [5.74, 6) is 3.45. The van der Waals surface area contributed by atoms with Crippen LogP contribution in [0.3, 0.4) is 0 Å². The molecule has 1 aromatic heterocycles. The van der Waals surface area contributed by atoms with E-state index in [2.05, 4.69) is 75.6 Å². The Labute approximate surface area is 242 Å². The number of piperazine rings is 1. The largest absolute Gasteiger partial charge is 0.368 e. The highest BCUT2D eigenvalue weighted by molar-refractivity contribution is 7.80. The summed E-state index contributed by atoms with van der Waals surface area (Å²) in [5.41, 5.74) is 2.38. The summed E-state index contributed by atoms with van der Waals surface area (Å²) < 4.78 is 13.2. The Bertz CT molecular complexity index is 1240. The third-order valence-corrected chi connectivity index (χ3v) is 7.93. The van der Waals surface area contributed by atoms with E-state index in [9.17, 15) is 4.39 Å². The van der Waals surface area contributed by atoms with Crippen LogP contribution in [0, 0.1) is 17.7 Å². The van der Waals surface area contributed by atoms with E-state index >= 15 is 0 Å². The van der Waals surface area contributed by atoms with Crippen LogP contribution in [0.15, 0.2) is 60.7 Å². The van der Waals surface area contributed by atoms with Gasteiger partial charge in [0.15, 0.2) is 5.11 Å². The first-order valence-corrected chi connectivity index (χ1v) is 14.8. The minimum Gasteiger partial charge on any atom is -0.368 e. The summed E-state index contributed by atoms with van der Waals surface area (Å²) in [7, 11) is 0. The Kier molecular flexibility index (Phi) is 9.31. The van der Waals surface area contributed by atoms with Crippen LogP contribution in [0.25, 0.3) is 0 Å². The minimum absolute atomic E-state index is 0.208. The molecule has 2 aliphatic rings. The molecule has 5 rings (SSSR count). The predicted octanol–water partition coefficient (Wildman–Crippen LogP) is 5.34. The van der Waals surface area contributed by atoms with Crippen LogP contribution in [0.4, 0.5) is 27.7 Å². The van der Waals surface area contributed by atoms with E-state index < -0.39 is 0 Å². The van der Waals surface area contributed by atoms with Crippen molar-refractivity contribution >= 4 is 40.6 Å². The van der Waals surface area contributed by atoms with Gasteiger partial charge in [0, 0.05) is 57.6 Å². The molecule has 2 saturated heterocycles. The lowest BCUT2D eigenvalue weighted by atomic mass is 9.92. The molecule has 0 spiro atoms. The number of hydrogen-bond acceptors (Lipinski definition) is 6. The summed E-state index contributed by atoms with van der Waals surface area (Å²) in [6.07, 6.45) is 2.98. The zero-order chi connectivity index (χ0) is 27.9. The first kappa shape index (κ1) is 28.1. The van der Waals surface area contributed by atoms with Gasteiger partial charge < -0.3 is 25.3 Å². The number of rotatable bonds is 8. The van der Waals surface area contributed by atoms with Crippen molar-refractivity contribution in [3.05, 3.63) is 72.0 Å². The fourth-order valence-corrected chi connectivity index (χ4v) is 5.97. The Balaban J connectivity index is 1.24. The molecule has 2 atom stereocenters. The number of aryl methyl sites for hydroxylation is 1. The fourth-order valence-electron chi connectivity index (χ4n) is 5.78. The molecule has 7 nitrogen and oxygen atoms in total. The first-order chi connectivity index (χ1) is 19.4. The van der Waals surface area contributed by atoms with Crippen LogP contribution in [0.1, 0.15) is 32.3 Å². The first-order valence-electron chi connectivity index (χ1n) is 14.4. The molecule has 0 amide bonds. The normalized spacial score (nSPS) is 19.4. The lowest BCUT2D eigenvalue weighted by Crippen LogP contribution is -2.47. The Morgan fingerprint density at radius 1 is 0.875 bits per heavy atom. The van der Waals surface area contributed by atoms with Crippen LogP contribution in [0.5, 0.6) is 0 Å². The van der Waals surface area contributed by atoms with Crippen LogP contribution in [-0.4, -0.2) is 60.9 Å². The number of hydrogen-bond donors (Lipinski definition) is 2. The SMILES string of the molecule is C[C@@H]1C[C@H](C)CN(c2cc(N3CCN(c4ccccc4)CC3)nc(NC(=S)NCCCc3ccc(F)cc3)n2)C1. The number of thiocarbonyl (C=S) groups is 1. The number of aromatic nitrogens is 2. The van der Waals surface area contributed by atoms with Gasteiger partial charge in [-0.1, -0.05) is 44.2 Å². The summed E-state index contributed by atoms with van der Waals surface area (Å²) >= 11 is 5.60. The molecule has 2 aromatic carbocycles. The van der Waals surface area contributed by atoms with Crippen molar-refractivity contribution < 1.29 is 4.39 Å². The van der Waals surface area contributed by atoms with Crippen molar-refractivity contribution in [2.75, 3.05) is 65.8 Å². The van der Waals surface area contributed by atoms with Crippen molar-refractivity contribution in [1.29, 1.82) is 0 Å². The minimum atomic E-state index is -0.208. The summed E-state index contributed by atoms with van der Waals surface area (Å²) in [4.78, 5) is 17.0.